The van der Waals surface area contributed by atoms with E-state index >= 15 is 0 Å². The predicted octanol–water partition coefficient (Wildman–Crippen LogP) is 4.82. The van der Waals surface area contributed by atoms with E-state index in [1.807, 2.05) is 0 Å². The zero-order chi connectivity index (χ0) is 14.4. The fourth-order valence-electron chi connectivity index (χ4n) is 3.43. The summed E-state index contributed by atoms with van der Waals surface area (Å²) in [4.78, 5) is 11.4. The van der Waals surface area contributed by atoms with Crippen LogP contribution in [0.3, 0.4) is 0 Å². The zero-order valence-corrected chi connectivity index (χ0v) is 13.4. The first-order valence-corrected chi connectivity index (χ1v) is 7.19. The van der Waals surface area contributed by atoms with Crippen LogP contribution in [0.5, 0.6) is 0 Å². The van der Waals surface area contributed by atoms with E-state index in [-0.39, 0.29) is 16.8 Å². The molecule has 0 amide bonds. The van der Waals surface area contributed by atoms with E-state index < -0.39 is 0 Å². The molecule has 0 spiro atoms. The van der Waals surface area contributed by atoms with Gasteiger partial charge in [0.15, 0.2) is 0 Å². The summed E-state index contributed by atoms with van der Waals surface area (Å²) in [7, 11) is 1.47. The molecule has 0 aromatic carbocycles. The van der Waals surface area contributed by atoms with E-state index in [9.17, 15) is 4.79 Å². The lowest BCUT2D eigenvalue weighted by atomic mass is 9.69. The van der Waals surface area contributed by atoms with Gasteiger partial charge in [-0.2, -0.15) is 0 Å². The number of hydrogen-bond acceptors (Lipinski definition) is 2. The lowest BCUT2D eigenvalue weighted by Crippen LogP contribution is -2.27. The molecule has 0 saturated carbocycles. The molecule has 0 aromatic heterocycles. The van der Waals surface area contributed by atoms with Gasteiger partial charge in [-0.05, 0) is 29.6 Å². The number of methoxy groups -OCH3 is 1. The summed E-state index contributed by atoms with van der Waals surface area (Å²) in [6.07, 6.45) is 5.34. The number of carbonyl (C=O) groups is 1. The maximum atomic E-state index is 11.4. The molecule has 0 aromatic rings. The Bertz CT molecular complexity index is 254. The topological polar surface area (TPSA) is 26.3 Å². The Morgan fingerprint density at radius 1 is 1.17 bits per heavy atom. The number of hydrogen-bond donors (Lipinski definition) is 0. The standard InChI is InChI=1S/C16H32O2/c1-8-9-13(2)10-15(3,4)12-16(5,6)11-14(17)18-7/h13H,8-12H2,1-7H3. The molecule has 2 heteroatoms. The maximum Gasteiger partial charge on any atom is 0.306 e. The van der Waals surface area contributed by atoms with Crippen LogP contribution in [0.15, 0.2) is 0 Å². The molecule has 2 nitrogen and oxygen atoms in total. The SMILES string of the molecule is CCCC(C)CC(C)(C)CC(C)(C)CC(=O)OC. The Hall–Kier alpha value is -0.530. The van der Waals surface area contributed by atoms with E-state index in [1.165, 1.54) is 26.4 Å². The summed E-state index contributed by atoms with van der Waals surface area (Å²) < 4.78 is 4.78. The first-order valence-electron chi connectivity index (χ1n) is 7.19. The van der Waals surface area contributed by atoms with Crippen LogP contribution in [0.2, 0.25) is 0 Å². The monoisotopic (exact) mass is 256 g/mol. The van der Waals surface area contributed by atoms with Crippen molar-refractivity contribution in [2.75, 3.05) is 7.11 Å². The molecule has 0 radical (unpaired) electrons. The molecule has 0 aliphatic rings. The van der Waals surface area contributed by atoms with E-state index in [0.717, 1.165) is 12.3 Å². The van der Waals surface area contributed by atoms with Gasteiger partial charge in [-0.25, -0.2) is 0 Å². The highest BCUT2D eigenvalue weighted by molar-refractivity contribution is 5.69. The zero-order valence-electron chi connectivity index (χ0n) is 13.4. The average Bonchev–Trinajstić information content (AvgIpc) is 2.13. The highest BCUT2D eigenvalue weighted by atomic mass is 16.5. The summed E-state index contributed by atoms with van der Waals surface area (Å²) in [5.41, 5.74) is 0.300. The second kappa shape index (κ2) is 7.16. The molecular formula is C16H32O2. The van der Waals surface area contributed by atoms with Crippen LogP contribution in [0.1, 0.15) is 73.6 Å². The van der Waals surface area contributed by atoms with Gasteiger partial charge in [-0.15, -0.1) is 0 Å². The Balaban J connectivity index is 4.40. The molecule has 18 heavy (non-hydrogen) atoms. The quantitative estimate of drug-likeness (QED) is 0.582. The lowest BCUT2D eigenvalue weighted by Gasteiger charge is -2.36. The highest BCUT2D eigenvalue weighted by Crippen LogP contribution is 2.40. The van der Waals surface area contributed by atoms with Crippen LogP contribution in [0.4, 0.5) is 0 Å². The van der Waals surface area contributed by atoms with Gasteiger partial charge in [0.25, 0.3) is 0 Å². The molecule has 0 N–H and O–H groups in total. The van der Waals surface area contributed by atoms with Crippen molar-refractivity contribution in [3.63, 3.8) is 0 Å². The second-order valence-electron chi connectivity index (χ2n) is 7.36. The summed E-state index contributed by atoms with van der Waals surface area (Å²) in [5, 5.41) is 0. The third-order valence-corrected chi connectivity index (χ3v) is 3.49. The lowest BCUT2D eigenvalue weighted by molar-refractivity contribution is -0.143. The van der Waals surface area contributed by atoms with Crippen LogP contribution in [0, 0.1) is 16.7 Å². The van der Waals surface area contributed by atoms with Crippen molar-refractivity contribution in [3.8, 4) is 0 Å². The van der Waals surface area contributed by atoms with Crippen LogP contribution in [-0.4, -0.2) is 13.1 Å². The van der Waals surface area contributed by atoms with Crippen molar-refractivity contribution in [2.45, 2.75) is 73.6 Å². The molecule has 0 fully saturated rings. The van der Waals surface area contributed by atoms with Crippen molar-refractivity contribution in [1.29, 1.82) is 0 Å². The molecule has 0 aliphatic carbocycles. The maximum absolute atomic E-state index is 11.4. The van der Waals surface area contributed by atoms with Crippen molar-refractivity contribution in [1.82, 2.24) is 0 Å². The molecule has 0 bridgehead atoms. The minimum atomic E-state index is -0.0996. The van der Waals surface area contributed by atoms with Crippen LogP contribution in [-0.2, 0) is 9.53 Å². The Morgan fingerprint density at radius 2 is 1.72 bits per heavy atom. The van der Waals surface area contributed by atoms with Gasteiger partial charge in [0.2, 0.25) is 0 Å². The molecular weight excluding hydrogens is 224 g/mol. The minimum Gasteiger partial charge on any atom is -0.469 e. The van der Waals surface area contributed by atoms with Crippen LogP contribution >= 0.6 is 0 Å². The highest BCUT2D eigenvalue weighted by Gasteiger charge is 2.31. The molecule has 108 valence electrons. The van der Waals surface area contributed by atoms with E-state index in [2.05, 4.69) is 41.5 Å². The summed E-state index contributed by atoms with van der Waals surface area (Å²) in [6, 6.07) is 0. The Kier molecular flexibility index (Phi) is 6.94. The largest absolute Gasteiger partial charge is 0.469 e. The van der Waals surface area contributed by atoms with Gasteiger partial charge < -0.3 is 4.74 Å². The summed E-state index contributed by atoms with van der Waals surface area (Å²) in [5.74, 6) is 0.663. The van der Waals surface area contributed by atoms with Gasteiger partial charge >= 0.3 is 5.97 Å². The molecule has 0 aliphatic heterocycles. The fraction of sp³-hybridized carbons (Fsp3) is 0.938. The van der Waals surface area contributed by atoms with E-state index in [1.54, 1.807) is 0 Å². The number of carbonyl (C=O) groups excluding carboxylic acids is 1. The third kappa shape index (κ3) is 7.73. The molecule has 1 unspecified atom stereocenters. The van der Waals surface area contributed by atoms with E-state index in [0.29, 0.717) is 6.42 Å². The van der Waals surface area contributed by atoms with Crippen molar-refractivity contribution >= 4 is 5.97 Å². The normalized spacial score (nSPS) is 14.4. The van der Waals surface area contributed by atoms with Crippen molar-refractivity contribution in [3.05, 3.63) is 0 Å². The molecule has 0 saturated heterocycles. The van der Waals surface area contributed by atoms with E-state index in [4.69, 9.17) is 4.74 Å². The number of ether oxygens (including phenoxy) is 1. The molecule has 0 heterocycles. The van der Waals surface area contributed by atoms with Crippen molar-refractivity contribution < 1.29 is 9.53 Å². The smallest absolute Gasteiger partial charge is 0.306 e. The van der Waals surface area contributed by atoms with Crippen LogP contribution < -0.4 is 0 Å². The average molecular weight is 256 g/mol. The number of rotatable bonds is 8. The van der Waals surface area contributed by atoms with Crippen molar-refractivity contribution in [2.24, 2.45) is 16.7 Å². The summed E-state index contributed by atoms with van der Waals surface area (Å²) >= 11 is 0. The van der Waals surface area contributed by atoms with Gasteiger partial charge in [-0.3, -0.25) is 4.79 Å². The Morgan fingerprint density at radius 3 is 2.17 bits per heavy atom. The first-order chi connectivity index (χ1) is 8.12. The second-order valence-corrected chi connectivity index (χ2v) is 7.36. The summed E-state index contributed by atoms with van der Waals surface area (Å²) in [6.45, 7) is 13.5. The van der Waals surface area contributed by atoms with Gasteiger partial charge in [-0.1, -0.05) is 54.4 Å². The minimum absolute atomic E-state index is 0.0164. The third-order valence-electron chi connectivity index (χ3n) is 3.49. The van der Waals surface area contributed by atoms with Gasteiger partial charge in [0, 0.05) is 0 Å². The fourth-order valence-corrected chi connectivity index (χ4v) is 3.43. The molecule has 0 rings (SSSR count). The van der Waals surface area contributed by atoms with Gasteiger partial charge in [0.05, 0.1) is 13.5 Å². The molecule has 1 atom stereocenters. The Labute approximate surface area is 113 Å². The first kappa shape index (κ1) is 17.5. The van der Waals surface area contributed by atoms with Crippen LogP contribution in [0.25, 0.3) is 0 Å². The van der Waals surface area contributed by atoms with Gasteiger partial charge in [0.1, 0.15) is 0 Å². The predicted molar refractivity (Wildman–Crippen MR) is 77.5 cm³/mol. The number of esters is 1.